The number of rotatable bonds is 3. The van der Waals surface area contributed by atoms with Crippen LogP contribution in [0.3, 0.4) is 0 Å². The molecule has 0 fully saturated rings. The molecule has 0 aliphatic carbocycles. The lowest BCUT2D eigenvalue weighted by molar-refractivity contribution is -0.132. The second-order valence-corrected chi connectivity index (χ2v) is 4.78. The number of amides is 2. The van der Waals surface area contributed by atoms with Crippen LogP contribution in [0.15, 0.2) is 42.5 Å². The third-order valence-corrected chi connectivity index (χ3v) is 3.11. The molecule has 2 aromatic rings. The molecule has 114 valence electrons. The number of carbonyl (C=O) groups is 2. The molecule has 0 aliphatic heterocycles. The Bertz CT molecular complexity index is 702. The van der Waals surface area contributed by atoms with Gasteiger partial charge >= 0.3 is 11.8 Å². The molecule has 0 saturated heterocycles. The van der Waals surface area contributed by atoms with Crippen LogP contribution in [0.25, 0.3) is 0 Å². The predicted octanol–water partition coefficient (Wildman–Crippen LogP) is 2.51. The van der Waals surface area contributed by atoms with Gasteiger partial charge in [0.2, 0.25) is 0 Å². The van der Waals surface area contributed by atoms with Crippen LogP contribution in [-0.4, -0.2) is 18.9 Å². The average molecular weight is 320 g/mol. The zero-order chi connectivity index (χ0) is 16.1. The molecule has 0 aliphatic rings. The Kier molecular flexibility index (Phi) is 4.85. The van der Waals surface area contributed by atoms with E-state index in [0.717, 1.165) is 0 Å². The maximum Gasteiger partial charge on any atom is 0.314 e. The minimum Gasteiger partial charge on any atom is -0.497 e. The van der Waals surface area contributed by atoms with E-state index >= 15 is 0 Å². The summed E-state index contributed by atoms with van der Waals surface area (Å²) in [7, 11) is 1.54. The summed E-state index contributed by atoms with van der Waals surface area (Å²) >= 11 is 5.93. The maximum atomic E-state index is 11.8. The molecule has 22 heavy (non-hydrogen) atoms. The van der Waals surface area contributed by atoms with Crippen molar-refractivity contribution < 1.29 is 14.3 Å². The number of carbonyl (C=O) groups excluding carboxylic acids is 2. The Morgan fingerprint density at radius 3 is 2.27 bits per heavy atom. The van der Waals surface area contributed by atoms with Crippen molar-refractivity contribution in [2.24, 2.45) is 0 Å². The Morgan fingerprint density at radius 2 is 1.68 bits per heavy atom. The van der Waals surface area contributed by atoms with E-state index in [-0.39, 0.29) is 5.02 Å². The van der Waals surface area contributed by atoms with Gasteiger partial charge in [0.25, 0.3) is 0 Å². The average Bonchev–Trinajstić information content (AvgIpc) is 2.50. The number of nitrogens with two attached hydrogens (primary N) is 1. The summed E-state index contributed by atoms with van der Waals surface area (Å²) in [5, 5.41) is 5.14. The minimum absolute atomic E-state index is 0.255. The van der Waals surface area contributed by atoms with E-state index in [4.69, 9.17) is 22.1 Å². The number of halogens is 1. The fourth-order valence-electron chi connectivity index (χ4n) is 1.67. The van der Waals surface area contributed by atoms with Crippen molar-refractivity contribution in [3.8, 4) is 5.75 Å². The van der Waals surface area contributed by atoms with Crippen LogP contribution >= 0.6 is 11.6 Å². The van der Waals surface area contributed by atoms with Gasteiger partial charge in [-0.05, 0) is 42.5 Å². The molecule has 6 nitrogen and oxygen atoms in total. The van der Waals surface area contributed by atoms with E-state index in [1.807, 2.05) is 0 Å². The van der Waals surface area contributed by atoms with Crippen LogP contribution in [0, 0.1) is 0 Å². The summed E-state index contributed by atoms with van der Waals surface area (Å²) in [5.41, 5.74) is 6.81. The number of nitrogens with one attached hydrogen (secondary N) is 2. The molecule has 0 radical (unpaired) electrons. The van der Waals surface area contributed by atoms with Crippen LogP contribution in [0.5, 0.6) is 5.75 Å². The second-order valence-electron chi connectivity index (χ2n) is 4.38. The highest BCUT2D eigenvalue weighted by Gasteiger charge is 2.15. The standard InChI is InChI=1S/C15H14ClN3O3/c1-22-11-5-3-10(4-6-11)18-14(20)15(21)19-13-7-2-9(17)8-12(13)16/h2-8H,17H2,1H3,(H,18,20)(H,19,21). The molecule has 0 atom stereocenters. The monoisotopic (exact) mass is 319 g/mol. The van der Waals surface area contributed by atoms with Gasteiger partial charge in [-0.1, -0.05) is 11.6 Å². The quantitative estimate of drug-likeness (QED) is 0.598. The van der Waals surface area contributed by atoms with Gasteiger partial charge in [0.05, 0.1) is 17.8 Å². The minimum atomic E-state index is -0.831. The molecule has 2 amide bonds. The van der Waals surface area contributed by atoms with Crippen molar-refractivity contribution in [2.45, 2.75) is 0 Å². The molecule has 7 heteroatoms. The van der Waals surface area contributed by atoms with Gasteiger partial charge < -0.3 is 21.1 Å². The summed E-state index contributed by atoms with van der Waals surface area (Å²) < 4.78 is 5.01. The maximum absolute atomic E-state index is 11.8. The van der Waals surface area contributed by atoms with E-state index in [0.29, 0.717) is 22.8 Å². The van der Waals surface area contributed by atoms with Crippen LogP contribution < -0.4 is 21.1 Å². The number of hydrogen-bond acceptors (Lipinski definition) is 4. The highest BCUT2D eigenvalue weighted by Crippen LogP contribution is 2.24. The van der Waals surface area contributed by atoms with E-state index in [9.17, 15) is 9.59 Å². The molecule has 0 saturated carbocycles. The number of methoxy groups -OCH3 is 1. The normalized spacial score (nSPS) is 9.91. The van der Waals surface area contributed by atoms with Crippen molar-refractivity contribution in [2.75, 3.05) is 23.5 Å². The van der Waals surface area contributed by atoms with Gasteiger partial charge in [-0.3, -0.25) is 9.59 Å². The van der Waals surface area contributed by atoms with Crippen LogP contribution in [0.2, 0.25) is 5.02 Å². The lowest BCUT2D eigenvalue weighted by Crippen LogP contribution is -2.29. The summed E-state index contributed by atoms with van der Waals surface area (Å²) in [6.07, 6.45) is 0. The Morgan fingerprint density at radius 1 is 1.05 bits per heavy atom. The Labute approximate surface area is 132 Å². The van der Waals surface area contributed by atoms with Crippen molar-refractivity contribution in [3.05, 3.63) is 47.5 Å². The van der Waals surface area contributed by atoms with Crippen LogP contribution in [-0.2, 0) is 9.59 Å². The lowest BCUT2D eigenvalue weighted by atomic mass is 10.2. The highest BCUT2D eigenvalue weighted by atomic mass is 35.5. The van der Waals surface area contributed by atoms with Crippen molar-refractivity contribution in [1.29, 1.82) is 0 Å². The third kappa shape index (κ3) is 3.89. The van der Waals surface area contributed by atoms with E-state index in [1.54, 1.807) is 30.3 Å². The predicted molar refractivity (Wildman–Crippen MR) is 86.1 cm³/mol. The first-order valence-corrected chi connectivity index (χ1v) is 6.69. The first-order chi connectivity index (χ1) is 10.5. The van der Waals surface area contributed by atoms with Crippen molar-refractivity contribution in [3.63, 3.8) is 0 Å². The topological polar surface area (TPSA) is 93.4 Å². The molecule has 0 spiro atoms. The Balaban J connectivity index is 2.01. The number of ether oxygens (including phenoxy) is 1. The number of anilines is 3. The third-order valence-electron chi connectivity index (χ3n) is 2.80. The molecule has 0 aromatic heterocycles. The van der Waals surface area contributed by atoms with E-state index in [2.05, 4.69) is 10.6 Å². The van der Waals surface area contributed by atoms with Crippen LogP contribution in [0.4, 0.5) is 17.1 Å². The summed E-state index contributed by atoms with van der Waals surface area (Å²) in [4.78, 5) is 23.7. The highest BCUT2D eigenvalue weighted by molar-refractivity contribution is 6.44. The van der Waals surface area contributed by atoms with Gasteiger partial charge in [0.15, 0.2) is 0 Å². The zero-order valence-electron chi connectivity index (χ0n) is 11.7. The van der Waals surface area contributed by atoms with Gasteiger partial charge in [0, 0.05) is 11.4 Å². The molecule has 0 heterocycles. The number of nitrogen functional groups attached to an aromatic ring is 1. The second kappa shape index (κ2) is 6.82. The fourth-order valence-corrected chi connectivity index (χ4v) is 1.91. The SMILES string of the molecule is COc1ccc(NC(=O)C(=O)Nc2ccc(N)cc2Cl)cc1. The summed E-state index contributed by atoms with van der Waals surface area (Å²) in [6, 6.07) is 11.2. The first kappa shape index (κ1) is 15.7. The van der Waals surface area contributed by atoms with Crippen molar-refractivity contribution in [1.82, 2.24) is 0 Å². The lowest BCUT2D eigenvalue weighted by Gasteiger charge is -2.08. The van der Waals surface area contributed by atoms with Gasteiger partial charge in [-0.15, -0.1) is 0 Å². The van der Waals surface area contributed by atoms with E-state index < -0.39 is 11.8 Å². The molecule has 0 unspecified atom stereocenters. The molecule has 0 bridgehead atoms. The number of benzene rings is 2. The molecule has 4 N–H and O–H groups in total. The zero-order valence-corrected chi connectivity index (χ0v) is 12.5. The molecule has 2 rings (SSSR count). The summed E-state index contributed by atoms with van der Waals surface area (Å²) in [5.74, 6) is -0.989. The summed E-state index contributed by atoms with van der Waals surface area (Å²) in [6.45, 7) is 0. The van der Waals surface area contributed by atoms with Crippen LogP contribution in [0.1, 0.15) is 0 Å². The fraction of sp³-hybridized carbons (Fsp3) is 0.0667. The smallest absolute Gasteiger partial charge is 0.314 e. The van der Waals surface area contributed by atoms with Gasteiger partial charge in [-0.25, -0.2) is 0 Å². The van der Waals surface area contributed by atoms with Crippen molar-refractivity contribution >= 4 is 40.5 Å². The Hall–Kier alpha value is -2.73. The first-order valence-electron chi connectivity index (χ1n) is 6.31. The van der Waals surface area contributed by atoms with Gasteiger partial charge in [-0.2, -0.15) is 0 Å². The number of hydrogen-bond donors (Lipinski definition) is 3. The molecular weight excluding hydrogens is 306 g/mol. The largest absolute Gasteiger partial charge is 0.497 e. The van der Waals surface area contributed by atoms with Gasteiger partial charge in [0.1, 0.15) is 5.75 Å². The molecular formula is C15H14ClN3O3. The van der Waals surface area contributed by atoms with E-state index in [1.165, 1.54) is 19.2 Å². The molecule has 2 aromatic carbocycles.